The maximum atomic E-state index is 12.7. The molecule has 0 aliphatic rings. The Bertz CT molecular complexity index is 1120. The topological polar surface area (TPSA) is 75.7 Å². The number of nitrogens with zero attached hydrogens (tertiary/aromatic N) is 1. The Hall–Kier alpha value is -2.90. The number of rotatable bonds is 6. The summed E-state index contributed by atoms with van der Waals surface area (Å²) in [5.41, 5.74) is 0.867. The van der Waals surface area contributed by atoms with E-state index in [2.05, 4.69) is 5.32 Å². The maximum absolute atomic E-state index is 12.7. The van der Waals surface area contributed by atoms with Crippen LogP contribution in [0.4, 0.5) is 5.69 Å². The molecule has 28 heavy (non-hydrogen) atoms. The zero-order valence-electron chi connectivity index (χ0n) is 16.0. The van der Waals surface area contributed by atoms with Crippen LogP contribution < -0.4 is 10.1 Å². The molecule has 0 unspecified atom stereocenters. The van der Waals surface area contributed by atoms with Crippen LogP contribution in [0.25, 0.3) is 10.8 Å². The Morgan fingerprint density at radius 1 is 1.00 bits per heavy atom. The first-order chi connectivity index (χ1) is 13.3. The van der Waals surface area contributed by atoms with E-state index in [-0.39, 0.29) is 16.6 Å². The van der Waals surface area contributed by atoms with Gasteiger partial charge in [0.2, 0.25) is 10.0 Å². The predicted octanol–water partition coefficient (Wildman–Crippen LogP) is 3.74. The first-order valence-corrected chi connectivity index (χ1v) is 10.3. The SMILES string of the molecule is CCOc1ccc(NC(=O)c2ccc3ccccc3c2)cc1S(=O)(=O)N(C)C. The summed E-state index contributed by atoms with van der Waals surface area (Å²) >= 11 is 0. The van der Waals surface area contributed by atoms with Gasteiger partial charge in [-0.1, -0.05) is 30.3 Å². The van der Waals surface area contributed by atoms with E-state index in [1.54, 1.807) is 31.2 Å². The molecule has 146 valence electrons. The molecule has 1 N–H and O–H groups in total. The summed E-state index contributed by atoms with van der Waals surface area (Å²) in [6, 6.07) is 17.8. The van der Waals surface area contributed by atoms with Crippen molar-refractivity contribution in [3.05, 3.63) is 66.2 Å². The lowest BCUT2D eigenvalue weighted by molar-refractivity contribution is 0.102. The largest absolute Gasteiger partial charge is 0.492 e. The smallest absolute Gasteiger partial charge is 0.255 e. The molecular weight excluding hydrogens is 376 g/mol. The number of ether oxygens (including phenoxy) is 1. The van der Waals surface area contributed by atoms with Crippen molar-refractivity contribution in [3.8, 4) is 5.75 Å². The number of anilines is 1. The molecule has 0 saturated carbocycles. The van der Waals surface area contributed by atoms with Gasteiger partial charge in [-0.05, 0) is 48.0 Å². The average Bonchev–Trinajstić information content (AvgIpc) is 2.68. The van der Waals surface area contributed by atoms with Crippen LogP contribution in [0.1, 0.15) is 17.3 Å². The monoisotopic (exact) mass is 398 g/mol. The predicted molar refractivity (Wildman–Crippen MR) is 110 cm³/mol. The van der Waals surface area contributed by atoms with E-state index in [9.17, 15) is 13.2 Å². The van der Waals surface area contributed by atoms with Gasteiger partial charge in [0.05, 0.1) is 6.61 Å². The molecule has 0 radical (unpaired) electrons. The Balaban J connectivity index is 1.93. The van der Waals surface area contributed by atoms with Crippen LogP contribution in [-0.4, -0.2) is 39.3 Å². The van der Waals surface area contributed by atoms with Crippen molar-refractivity contribution in [2.24, 2.45) is 0 Å². The minimum atomic E-state index is -3.72. The molecule has 7 heteroatoms. The Morgan fingerprint density at radius 3 is 2.39 bits per heavy atom. The molecule has 3 aromatic carbocycles. The lowest BCUT2D eigenvalue weighted by Crippen LogP contribution is -2.23. The van der Waals surface area contributed by atoms with Crippen molar-refractivity contribution < 1.29 is 17.9 Å². The van der Waals surface area contributed by atoms with Gasteiger partial charge in [0.1, 0.15) is 10.6 Å². The minimum absolute atomic E-state index is 0.00987. The highest BCUT2D eigenvalue weighted by Crippen LogP contribution is 2.29. The van der Waals surface area contributed by atoms with Crippen molar-refractivity contribution in [2.75, 3.05) is 26.0 Å². The molecule has 0 aliphatic carbocycles. The fourth-order valence-corrected chi connectivity index (χ4v) is 3.84. The third-order valence-electron chi connectivity index (χ3n) is 4.27. The molecule has 0 heterocycles. The van der Waals surface area contributed by atoms with Crippen LogP contribution in [0, 0.1) is 0 Å². The van der Waals surface area contributed by atoms with Gasteiger partial charge in [-0.3, -0.25) is 4.79 Å². The number of amides is 1. The van der Waals surface area contributed by atoms with Crippen molar-refractivity contribution in [2.45, 2.75) is 11.8 Å². The van der Waals surface area contributed by atoms with Crippen molar-refractivity contribution in [3.63, 3.8) is 0 Å². The fraction of sp³-hybridized carbons (Fsp3) is 0.190. The highest BCUT2D eigenvalue weighted by Gasteiger charge is 2.23. The molecule has 3 rings (SSSR count). The second kappa shape index (κ2) is 8.00. The van der Waals surface area contributed by atoms with Crippen molar-refractivity contribution >= 4 is 32.4 Å². The van der Waals surface area contributed by atoms with E-state index < -0.39 is 10.0 Å². The highest BCUT2D eigenvalue weighted by molar-refractivity contribution is 7.89. The van der Waals surface area contributed by atoms with Crippen molar-refractivity contribution in [1.29, 1.82) is 0 Å². The summed E-state index contributed by atoms with van der Waals surface area (Å²) in [6.07, 6.45) is 0. The summed E-state index contributed by atoms with van der Waals surface area (Å²) < 4.78 is 31.8. The number of hydrogen-bond donors (Lipinski definition) is 1. The van der Waals surface area contributed by atoms with E-state index >= 15 is 0 Å². The summed E-state index contributed by atoms with van der Waals surface area (Å²) in [6.45, 7) is 2.11. The van der Waals surface area contributed by atoms with Crippen LogP contribution in [0.3, 0.4) is 0 Å². The molecule has 0 spiro atoms. The Kier molecular flexibility index (Phi) is 5.67. The molecule has 1 amide bonds. The molecule has 6 nitrogen and oxygen atoms in total. The van der Waals surface area contributed by atoms with Gasteiger partial charge in [-0.2, -0.15) is 0 Å². The van der Waals surface area contributed by atoms with Crippen LogP contribution in [0.15, 0.2) is 65.6 Å². The molecule has 0 bridgehead atoms. The van der Waals surface area contributed by atoms with Crippen LogP contribution >= 0.6 is 0 Å². The van der Waals surface area contributed by atoms with Crippen molar-refractivity contribution in [1.82, 2.24) is 4.31 Å². The number of nitrogens with one attached hydrogen (secondary N) is 1. The summed E-state index contributed by atoms with van der Waals surface area (Å²) in [5, 5.41) is 4.76. The Morgan fingerprint density at radius 2 is 1.71 bits per heavy atom. The van der Waals surface area contributed by atoms with E-state index in [0.717, 1.165) is 15.1 Å². The number of sulfonamides is 1. The van der Waals surface area contributed by atoms with Gasteiger partial charge in [0, 0.05) is 25.3 Å². The molecule has 0 fully saturated rings. The first kappa shape index (κ1) is 19.9. The van der Waals surface area contributed by atoms with Gasteiger partial charge in [-0.15, -0.1) is 0 Å². The van der Waals surface area contributed by atoms with Gasteiger partial charge in [0.15, 0.2) is 0 Å². The maximum Gasteiger partial charge on any atom is 0.255 e. The van der Waals surface area contributed by atoms with Gasteiger partial charge >= 0.3 is 0 Å². The molecule has 0 aromatic heterocycles. The number of benzene rings is 3. The minimum Gasteiger partial charge on any atom is -0.492 e. The molecule has 0 atom stereocenters. The van der Waals surface area contributed by atoms with E-state index in [1.807, 2.05) is 30.3 Å². The third kappa shape index (κ3) is 4.00. The van der Waals surface area contributed by atoms with Crippen LogP contribution in [0.2, 0.25) is 0 Å². The second-order valence-electron chi connectivity index (χ2n) is 6.40. The summed E-state index contributed by atoms with van der Waals surface area (Å²) in [7, 11) is -0.825. The molecular formula is C21H22N2O4S. The lowest BCUT2D eigenvalue weighted by atomic mass is 10.1. The van der Waals surface area contributed by atoms with E-state index in [4.69, 9.17) is 4.74 Å². The Labute approximate surface area is 164 Å². The van der Waals surface area contributed by atoms with Gasteiger partial charge in [-0.25, -0.2) is 12.7 Å². The standard InChI is InChI=1S/C21H22N2O4S/c1-4-27-19-12-11-18(14-20(19)28(25,26)23(2)3)22-21(24)17-10-9-15-7-5-6-8-16(15)13-17/h5-14H,4H2,1-3H3,(H,22,24). The van der Waals surface area contributed by atoms with Crippen LogP contribution in [-0.2, 0) is 10.0 Å². The number of carbonyl (C=O) groups excluding carboxylic acids is 1. The zero-order valence-corrected chi connectivity index (χ0v) is 16.8. The van der Waals surface area contributed by atoms with Crippen LogP contribution in [0.5, 0.6) is 5.75 Å². The summed E-state index contributed by atoms with van der Waals surface area (Å²) in [4.78, 5) is 12.7. The third-order valence-corrected chi connectivity index (χ3v) is 6.11. The number of fused-ring (bicyclic) bond motifs is 1. The number of hydrogen-bond acceptors (Lipinski definition) is 4. The quantitative estimate of drug-likeness (QED) is 0.686. The van der Waals surface area contributed by atoms with Gasteiger partial charge in [0.25, 0.3) is 5.91 Å². The molecule has 0 saturated heterocycles. The lowest BCUT2D eigenvalue weighted by Gasteiger charge is -2.16. The van der Waals surface area contributed by atoms with E-state index in [0.29, 0.717) is 17.9 Å². The summed E-state index contributed by atoms with van der Waals surface area (Å²) in [5.74, 6) is -0.0666. The zero-order chi connectivity index (χ0) is 20.3. The number of carbonyl (C=O) groups is 1. The second-order valence-corrected chi connectivity index (χ2v) is 8.52. The first-order valence-electron chi connectivity index (χ1n) is 8.82. The molecule has 3 aromatic rings. The highest BCUT2D eigenvalue weighted by atomic mass is 32.2. The fourth-order valence-electron chi connectivity index (χ4n) is 2.79. The normalized spacial score (nSPS) is 11.6. The molecule has 0 aliphatic heterocycles. The van der Waals surface area contributed by atoms with E-state index in [1.165, 1.54) is 20.2 Å². The average molecular weight is 398 g/mol. The van der Waals surface area contributed by atoms with Gasteiger partial charge < -0.3 is 10.1 Å².